The first kappa shape index (κ1) is 29.2. The van der Waals surface area contributed by atoms with Crippen molar-refractivity contribution in [2.75, 3.05) is 16.3 Å². The van der Waals surface area contributed by atoms with Crippen LogP contribution in [0.25, 0.3) is 0 Å². The topological polar surface area (TPSA) is 113 Å². The summed E-state index contributed by atoms with van der Waals surface area (Å²) in [6.07, 6.45) is 0.349. The number of rotatable bonds is 5. The molecule has 1 N–H and O–H groups in total. The number of carbonyl (C=O) groups excluding carboxylic acids is 5. The molecule has 1 fully saturated rings. The van der Waals surface area contributed by atoms with Crippen LogP contribution < -0.4 is 15.1 Å². The summed E-state index contributed by atoms with van der Waals surface area (Å²) >= 11 is 3.40. The minimum atomic E-state index is -0.807. The van der Waals surface area contributed by atoms with Crippen LogP contribution in [0.1, 0.15) is 79.8 Å². The number of anilines is 2. The van der Waals surface area contributed by atoms with Gasteiger partial charge >= 0.3 is 5.97 Å². The third kappa shape index (κ3) is 5.59. The van der Waals surface area contributed by atoms with E-state index in [2.05, 4.69) is 21.2 Å². The Morgan fingerprint density at radius 1 is 0.905 bits per heavy atom. The third-order valence-corrected chi connectivity index (χ3v) is 7.55. The summed E-state index contributed by atoms with van der Waals surface area (Å²) in [7, 11) is 0. The van der Waals surface area contributed by atoms with Crippen molar-refractivity contribution in [2.24, 2.45) is 0 Å². The summed E-state index contributed by atoms with van der Waals surface area (Å²) in [5.41, 5.74) is 2.83. The van der Waals surface area contributed by atoms with Crippen LogP contribution in [-0.2, 0) is 9.53 Å². The second-order valence-electron chi connectivity index (χ2n) is 11.5. The first-order valence-corrected chi connectivity index (χ1v) is 14.3. The van der Waals surface area contributed by atoms with Crippen molar-refractivity contribution in [3.63, 3.8) is 0 Å². The predicted molar refractivity (Wildman–Crippen MR) is 161 cm³/mol. The summed E-state index contributed by atoms with van der Waals surface area (Å²) < 4.78 is 6.07. The van der Waals surface area contributed by atoms with Gasteiger partial charge in [0.05, 0.1) is 22.4 Å². The maximum atomic E-state index is 13.3. The van der Waals surface area contributed by atoms with Crippen LogP contribution in [0, 0.1) is 13.8 Å². The number of nitrogens with zero attached hydrogens (tertiary/aromatic N) is 2. The highest BCUT2D eigenvalue weighted by atomic mass is 79.9. The largest absolute Gasteiger partial charge is 0.456 e. The Morgan fingerprint density at radius 3 is 2.33 bits per heavy atom. The molecule has 1 atom stereocenters. The zero-order valence-corrected chi connectivity index (χ0v) is 25.5. The Morgan fingerprint density at radius 2 is 1.62 bits per heavy atom. The lowest BCUT2D eigenvalue weighted by Gasteiger charge is -2.21. The molecule has 4 amide bonds. The van der Waals surface area contributed by atoms with Gasteiger partial charge in [-0.25, -0.2) is 9.69 Å². The van der Waals surface area contributed by atoms with Gasteiger partial charge in [-0.1, -0.05) is 28.1 Å². The van der Waals surface area contributed by atoms with E-state index >= 15 is 0 Å². The molecule has 216 valence electrons. The Hall–Kier alpha value is -4.31. The summed E-state index contributed by atoms with van der Waals surface area (Å²) in [5.74, 6) is -2.33. The molecule has 0 spiro atoms. The fourth-order valence-electron chi connectivity index (χ4n) is 5.06. The third-order valence-electron chi connectivity index (χ3n) is 7.09. The normalized spacial score (nSPS) is 16.6. The number of hydrogen-bond acceptors (Lipinski definition) is 6. The molecule has 10 heteroatoms. The van der Waals surface area contributed by atoms with Gasteiger partial charge < -0.3 is 15.0 Å². The molecule has 2 aliphatic rings. The lowest BCUT2D eigenvalue weighted by atomic mass is 10.0. The Bertz CT molecular complexity index is 1680. The molecule has 0 aromatic heterocycles. The molecule has 3 aromatic rings. The number of fused-ring (bicyclic) bond motifs is 1. The van der Waals surface area contributed by atoms with E-state index in [0.717, 1.165) is 16.0 Å². The minimum Gasteiger partial charge on any atom is -0.456 e. The van der Waals surface area contributed by atoms with E-state index in [-0.39, 0.29) is 22.6 Å². The fraction of sp³-hybridized carbons (Fsp3) is 0.281. The fourth-order valence-corrected chi connectivity index (χ4v) is 5.54. The van der Waals surface area contributed by atoms with E-state index < -0.39 is 35.3 Å². The average Bonchev–Trinajstić information content (AvgIpc) is 3.39. The van der Waals surface area contributed by atoms with Gasteiger partial charge in [-0.05, 0) is 94.6 Å². The molecule has 1 unspecified atom stereocenters. The number of halogens is 1. The quantitative estimate of drug-likeness (QED) is 0.300. The average molecular weight is 633 g/mol. The van der Waals surface area contributed by atoms with Gasteiger partial charge in [0, 0.05) is 22.3 Å². The lowest BCUT2D eigenvalue weighted by molar-refractivity contribution is -0.118. The van der Waals surface area contributed by atoms with E-state index in [4.69, 9.17) is 4.74 Å². The van der Waals surface area contributed by atoms with E-state index in [0.29, 0.717) is 34.4 Å². The molecule has 1 saturated heterocycles. The van der Waals surface area contributed by atoms with Gasteiger partial charge in [-0.2, -0.15) is 0 Å². The molecule has 9 nitrogen and oxygen atoms in total. The van der Waals surface area contributed by atoms with Crippen LogP contribution in [0.2, 0.25) is 0 Å². The second-order valence-corrected chi connectivity index (χ2v) is 12.4. The molecular weight excluding hydrogens is 602 g/mol. The van der Waals surface area contributed by atoms with Gasteiger partial charge in [0.25, 0.3) is 17.7 Å². The number of aryl methyl sites for hydroxylation is 2. The van der Waals surface area contributed by atoms with Crippen LogP contribution in [-0.4, -0.2) is 47.8 Å². The summed E-state index contributed by atoms with van der Waals surface area (Å²) in [6.45, 7) is 9.36. The molecule has 0 saturated carbocycles. The number of imide groups is 1. The van der Waals surface area contributed by atoms with Gasteiger partial charge in [0.15, 0.2) is 0 Å². The number of nitrogens with one attached hydrogen (secondary N) is 1. The van der Waals surface area contributed by atoms with Crippen molar-refractivity contribution in [2.45, 2.75) is 52.7 Å². The van der Waals surface area contributed by atoms with Crippen LogP contribution in [0.4, 0.5) is 11.4 Å². The van der Waals surface area contributed by atoms with Crippen LogP contribution in [0.3, 0.4) is 0 Å². The van der Waals surface area contributed by atoms with Crippen LogP contribution in [0.5, 0.6) is 0 Å². The smallest absolute Gasteiger partial charge is 0.338 e. The molecule has 0 radical (unpaired) electrons. The van der Waals surface area contributed by atoms with E-state index in [1.165, 1.54) is 23.1 Å². The van der Waals surface area contributed by atoms with Crippen molar-refractivity contribution in [1.29, 1.82) is 0 Å². The van der Waals surface area contributed by atoms with Crippen molar-refractivity contribution >= 4 is 56.9 Å². The first-order valence-electron chi connectivity index (χ1n) is 13.5. The number of amides is 4. The number of carbonyl (C=O) groups is 5. The van der Waals surface area contributed by atoms with E-state index in [1.807, 2.05) is 26.0 Å². The van der Waals surface area contributed by atoms with E-state index in [1.54, 1.807) is 45.0 Å². The standard InChI is InChI=1S/C32H30BrN3O6/c1-17-6-7-18(2)26(12-17)36-28(38)23-9-8-19(15-24(23)29(36)39)27(37)34-25-10-11-35(30(25)40)22-14-20(13-21(33)16-22)31(41)42-32(3,4)5/h6-9,12-16,25H,10-11H2,1-5H3,(H,34,37). The van der Waals surface area contributed by atoms with Gasteiger partial charge in [-0.15, -0.1) is 0 Å². The molecular formula is C32H30BrN3O6. The Kier molecular flexibility index (Phi) is 7.53. The van der Waals surface area contributed by atoms with Crippen molar-refractivity contribution < 1.29 is 28.7 Å². The number of esters is 1. The molecule has 2 heterocycles. The first-order chi connectivity index (χ1) is 19.7. The maximum absolute atomic E-state index is 13.3. The highest BCUT2D eigenvalue weighted by Crippen LogP contribution is 2.32. The zero-order chi connectivity index (χ0) is 30.5. The monoisotopic (exact) mass is 631 g/mol. The zero-order valence-electron chi connectivity index (χ0n) is 23.9. The number of ether oxygens (including phenoxy) is 1. The molecule has 2 aliphatic heterocycles. The van der Waals surface area contributed by atoms with E-state index in [9.17, 15) is 24.0 Å². The summed E-state index contributed by atoms with van der Waals surface area (Å²) in [6, 6.07) is 14.0. The summed E-state index contributed by atoms with van der Waals surface area (Å²) in [5, 5.41) is 2.76. The highest BCUT2D eigenvalue weighted by molar-refractivity contribution is 9.10. The molecule has 0 bridgehead atoms. The Balaban J connectivity index is 1.32. The molecule has 42 heavy (non-hydrogen) atoms. The van der Waals surface area contributed by atoms with Crippen molar-refractivity contribution in [1.82, 2.24) is 5.32 Å². The van der Waals surface area contributed by atoms with Gasteiger partial charge in [0.1, 0.15) is 11.6 Å². The van der Waals surface area contributed by atoms with Gasteiger partial charge in [-0.3, -0.25) is 19.2 Å². The van der Waals surface area contributed by atoms with Gasteiger partial charge in [0.2, 0.25) is 5.91 Å². The van der Waals surface area contributed by atoms with Crippen LogP contribution >= 0.6 is 15.9 Å². The van der Waals surface area contributed by atoms with Crippen molar-refractivity contribution in [3.8, 4) is 0 Å². The van der Waals surface area contributed by atoms with Crippen molar-refractivity contribution in [3.05, 3.63) is 92.5 Å². The highest BCUT2D eigenvalue weighted by Gasteiger charge is 2.39. The second kappa shape index (κ2) is 10.8. The number of benzene rings is 3. The molecule has 0 aliphatic carbocycles. The lowest BCUT2D eigenvalue weighted by Crippen LogP contribution is -2.41. The minimum absolute atomic E-state index is 0.136. The SMILES string of the molecule is Cc1ccc(C)c(N2C(=O)c3ccc(C(=O)NC4CCN(c5cc(Br)cc(C(=O)OC(C)(C)C)c5)C4=O)cc3C2=O)c1. The molecule has 3 aromatic carbocycles. The molecule has 5 rings (SSSR count). The predicted octanol–water partition coefficient (Wildman–Crippen LogP) is 5.36. The number of hydrogen-bond donors (Lipinski definition) is 1. The maximum Gasteiger partial charge on any atom is 0.338 e. The summed E-state index contributed by atoms with van der Waals surface area (Å²) in [4.78, 5) is 68.2. The Labute approximate surface area is 252 Å². The van der Waals surface area contributed by atoms with Crippen LogP contribution in [0.15, 0.2) is 59.1 Å².